The van der Waals surface area contributed by atoms with Crippen molar-refractivity contribution in [3.63, 3.8) is 0 Å². The molecule has 252 valence electrons. The van der Waals surface area contributed by atoms with Gasteiger partial charge in [-0.2, -0.15) is 5.10 Å². The molecule has 0 atom stereocenters. The molecule has 0 aliphatic carbocycles. The van der Waals surface area contributed by atoms with Gasteiger partial charge in [0, 0.05) is 41.5 Å². The SMILES string of the molecule is CCCCOCCOc1ccc(-c2ccc3c(c2)C=C(C(=O)Nc2ccc(SCc4nnc(C)c(C)n4)cc2)CCN3CC(C)C)cc1. The van der Waals surface area contributed by atoms with Gasteiger partial charge in [-0.05, 0) is 104 Å². The summed E-state index contributed by atoms with van der Waals surface area (Å²) in [7, 11) is 0. The van der Waals surface area contributed by atoms with E-state index in [1.165, 1.54) is 0 Å². The van der Waals surface area contributed by atoms with Crippen LogP contribution in [0, 0.1) is 19.8 Å². The molecule has 1 aliphatic rings. The Kier molecular flexibility index (Phi) is 12.6. The number of nitrogens with zero attached hydrogens (tertiary/aromatic N) is 4. The number of anilines is 2. The van der Waals surface area contributed by atoms with E-state index < -0.39 is 0 Å². The van der Waals surface area contributed by atoms with E-state index in [4.69, 9.17) is 9.47 Å². The molecule has 0 radical (unpaired) electrons. The molecule has 2 heterocycles. The summed E-state index contributed by atoms with van der Waals surface area (Å²) in [4.78, 5) is 21.6. The predicted molar refractivity (Wildman–Crippen MR) is 197 cm³/mol. The molecule has 4 aromatic rings. The molecule has 5 rings (SSSR count). The fraction of sp³-hybridized carbons (Fsp3) is 0.385. The lowest BCUT2D eigenvalue weighted by molar-refractivity contribution is -0.112. The van der Waals surface area contributed by atoms with Crippen molar-refractivity contribution < 1.29 is 14.3 Å². The minimum absolute atomic E-state index is 0.0760. The molecule has 9 heteroatoms. The molecule has 0 bridgehead atoms. The molecule has 1 N–H and O–H groups in total. The van der Waals surface area contributed by atoms with Crippen molar-refractivity contribution in [2.45, 2.75) is 64.5 Å². The Hall–Kier alpha value is -4.21. The Morgan fingerprint density at radius 1 is 0.938 bits per heavy atom. The van der Waals surface area contributed by atoms with Crippen molar-refractivity contribution in [1.29, 1.82) is 0 Å². The van der Waals surface area contributed by atoms with Crippen LogP contribution in [-0.4, -0.2) is 54.0 Å². The number of ether oxygens (including phenoxy) is 2. The summed E-state index contributed by atoms with van der Waals surface area (Å²) in [6.45, 7) is 14.1. The number of hydrogen-bond acceptors (Lipinski definition) is 8. The number of fused-ring (bicyclic) bond motifs is 1. The average Bonchev–Trinajstić information content (AvgIpc) is 3.26. The molecular weight excluding hydrogens is 619 g/mol. The van der Waals surface area contributed by atoms with Gasteiger partial charge in [-0.25, -0.2) is 4.98 Å². The molecule has 3 aromatic carbocycles. The zero-order valence-corrected chi connectivity index (χ0v) is 29.6. The first kappa shape index (κ1) is 35.1. The summed E-state index contributed by atoms with van der Waals surface area (Å²) in [5.74, 6) is 2.59. The molecule has 0 unspecified atom stereocenters. The Morgan fingerprint density at radius 3 is 2.44 bits per heavy atom. The lowest BCUT2D eigenvalue weighted by atomic mass is 10.00. The number of rotatable bonds is 15. The van der Waals surface area contributed by atoms with Crippen LogP contribution in [0.5, 0.6) is 5.75 Å². The molecule has 0 saturated carbocycles. The highest BCUT2D eigenvalue weighted by Gasteiger charge is 2.21. The number of aryl methyl sites for hydroxylation is 2. The second kappa shape index (κ2) is 17.3. The molecule has 1 amide bonds. The third kappa shape index (κ3) is 9.90. The van der Waals surface area contributed by atoms with E-state index >= 15 is 0 Å². The topological polar surface area (TPSA) is 89.5 Å². The molecule has 1 aromatic heterocycles. The van der Waals surface area contributed by atoms with Crippen molar-refractivity contribution in [3.05, 3.63) is 95.1 Å². The largest absolute Gasteiger partial charge is 0.491 e. The van der Waals surface area contributed by atoms with E-state index in [9.17, 15) is 4.79 Å². The molecule has 48 heavy (non-hydrogen) atoms. The maximum Gasteiger partial charge on any atom is 0.251 e. The van der Waals surface area contributed by atoms with Gasteiger partial charge in [0.25, 0.3) is 5.91 Å². The second-order valence-electron chi connectivity index (χ2n) is 12.5. The van der Waals surface area contributed by atoms with Gasteiger partial charge in [0.05, 0.1) is 23.7 Å². The standard InChI is InChI=1S/C39H47N5O3S/c1-6-7-20-46-21-22-47-35-13-8-30(9-14-35)31-10-17-37-33(23-31)24-32(18-19-44(37)25-27(2)3)39(45)41-34-11-15-36(16-12-34)48-26-38-40-28(4)29(5)42-43-38/h8-17,23-24,27H,6-7,18-22,25-26H2,1-5H3,(H,41,45). The van der Waals surface area contributed by atoms with E-state index in [2.05, 4.69) is 82.6 Å². The van der Waals surface area contributed by atoms with Gasteiger partial charge in [0.2, 0.25) is 0 Å². The summed E-state index contributed by atoms with van der Waals surface area (Å²) in [5.41, 5.74) is 7.68. The molecule has 0 fully saturated rings. The van der Waals surface area contributed by atoms with Gasteiger partial charge >= 0.3 is 0 Å². The second-order valence-corrected chi connectivity index (χ2v) is 13.6. The summed E-state index contributed by atoms with van der Waals surface area (Å²) < 4.78 is 11.5. The number of carbonyl (C=O) groups excluding carboxylic acids is 1. The van der Waals surface area contributed by atoms with Gasteiger partial charge in [-0.1, -0.05) is 45.4 Å². The minimum Gasteiger partial charge on any atom is -0.491 e. The van der Waals surface area contributed by atoms with Crippen LogP contribution in [-0.2, 0) is 15.3 Å². The molecule has 1 aliphatic heterocycles. The Labute approximate surface area is 289 Å². The molecule has 8 nitrogen and oxygen atoms in total. The van der Waals surface area contributed by atoms with Crippen molar-refractivity contribution in [1.82, 2.24) is 15.2 Å². The Balaban J connectivity index is 1.26. The lowest BCUT2D eigenvalue weighted by Crippen LogP contribution is -2.29. The van der Waals surface area contributed by atoms with Crippen molar-refractivity contribution in [2.24, 2.45) is 5.92 Å². The van der Waals surface area contributed by atoms with Crippen LogP contribution in [0.1, 0.15) is 62.8 Å². The number of carbonyl (C=O) groups is 1. The van der Waals surface area contributed by atoms with Crippen LogP contribution in [0.25, 0.3) is 17.2 Å². The first-order chi connectivity index (χ1) is 23.3. The third-order valence-electron chi connectivity index (χ3n) is 8.17. The van der Waals surface area contributed by atoms with Gasteiger partial charge in [0.1, 0.15) is 12.4 Å². The Bertz CT molecular complexity index is 1690. The van der Waals surface area contributed by atoms with Gasteiger partial charge in [0.15, 0.2) is 5.82 Å². The summed E-state index contributed by atoms with van der Waals surface area (Å²) >= 11 is 1.64. The number of nitrogens with one attached hydrogen (secondary N) is 1. The fourth-order valence-electron chi connectivity index (χ4n) is 5.45. The van der Waals surface area contributed by atoms with Crippen LogP contribution in [0.4, 0.5) is 11.4 Å². The van der Waals surface area contributed by atoms with E-state index in [1.54, 1.807) is 11.8 Å². The first-order valence-corrected chi connectivity index (χ1v) is 17.9. The van der Waals surface area contributed by atoms with Crippen LogP contribution in [0.2, 0.25) is 0 Å². The van der Waals surface area contributed by atoms with Crippen molar-refractivity contribution in [3.8, 4) is 16.9 Å². The summed E-state index contributed by atoms with van der Waals surface area (Å²) in [6, 6.07) is 22.7. The third-order valence-corrected chi connectivity index (χ3v) is 9.18. The minimum atomic E-state index is -0.0760. The number of benzene rings is 3. The number of hydrogen-bond donors (Lipinski definition) is 1. The highest BCUT2D eigenvalue weighted by atomic mass is 32.2. The monoisotopic (exact) mass is 665 g/mol. The number of thioether (sulfide) groups is 1. The molecular formula is C39H47N5O3S. The molecule has 0 spiro atoms. The van der Waals surface area contributed by atoms with Crippen LogP contribution in [0.3, 0.4) is 0 Å². The van der Waals surface area contributed by atoms with Crippen LogP contribution >= 0.6 is 11.8 Å². The van der Waals surface area contributed by atoms with Gasteiger partial charge < -0.3 is 19.7 Å². The summed E-state index contributed by atoms with van der Waals surface area (Å²) in [6.07, 6.45) is 4.93. The van der Waals surface area contributed by atoms with Crippen LogP contribution < -0.4 is 15.0 Å². The number of unbranched alkanes of at least 4 members (excludes halogenated alkanes) is 1. The summed E-state index contributed by atoms with van der Waals surface area (Å²) in [5, 5.41) is 11.5. The highest BCUT2D eigenvalue weighted by Crippen LogP contribution is 2.34. The lowest BCUT2D eigenvalue weighted by Gasteiger charge is -2.27. The number of amides is 1. The van der Waals surface area contributed by atoms with E-state index in [1.807, 2.05) is 50.2 Å². The van der Waals surface area contributed by atoms with Crippen molar-refractivity contribution in [2.75, 3.05) is 43.1 Å². The maximum absolute atomic E-state index is 13.6. The quantitative estimate of drug-likeness (QED) is 0.0999. The van der Waals surface area contributed by atoms with Crippen molar-refractivity contribution >= 4 is 35.1 Å². The van der Waals surface area contributed by atoms with E-state index in [-0.39, 0.29) is 5.91 Å². The fourth-order valence-corrected chi connectivity index (χ4v) is 6.20. The average molecular weight is 666 g/mol. The first-order valence-electron chi connectivity index (χ1n) is 16.9. The smallest absolute Gasteiger partial charge is 0.251 e. The predicted octanol–water partition coefficient (Wildman–Crippen LogP) is 8.53. The van der Waals surface area contributed by atoms with E-state index in [0.29, 0.717) is 37.1 Å². The maximum atomic E-state index is 13.6. The Morgan fingerprint density at radius 2 is 1.71 bits per heavy atom. The van der Waals surface area contributed by atoms with E-state index in [0.717, 1.165) is 88.2 Å². The normalized spacial score (nSPS) is 12.8. The highest BCUT2D eigenvalue weighted by molar-refractivity contribution is 7.98. The van der Waals surface area contributed by atoms with Crippen LogP contribution in [0.15, 0.2) is 77.2 Å². The van der Waals surface area contributed by atoms with Gasteiger partial charge in [-0.15, -0.1) is 16.9 Å². The molecule has 0 saturated heterocycles. The zero-order chi connectivity index (χ0) is 33.9. The zero-order valence-electron chi connectivity index (χ0n) is 28.8. The van der Waals surface area contributed by atoms with Gasteiger partial charge in [-0.3, -0.25) is 4.79 Å². The number of aromatic nitrogens is 3.